The van der Waals surface area contributed by atoms with Crippen molar-refractivity contribution in [1.82, 2.24) is 19.9 Å². The van der Waals surface area contributed by atoms with Gasteiger partial charge in [0.25, 0.3) is 0 Å². The number of aliphatic hydroxyl groups excluding tert-OH is 1. The van der Waals surface area contributed by atoms with Gasteiger partial charge >= 0.3 is 6.09 Å². The molecule has 1 saturated heterocycles. The molecule has 10 heteroatoms. The monoisotopic (exact) mass is 646 g/mol. The molecule has 0 saturated carbocycles. The minimum Gasteiger partial charge on any atom is -0.444 e. The highest BCUT2D eigenvalue weighted by molar-refractivity contribution is 5.98. The van der Waals surface area contributed by atoms with E-state index in [1.54, 1.807) is 17.3 Å². The van der Waals surface area contributed by atoms with Crippen molar-refractivity contribution in [2.45, 2.75) is 58.3 Å². The zero-order valence-corrected chi connectivity index (χ0v) is 27.8. The van der Waals surface area contributed by atoms with Gasteiger partial charge in [-0.05, 0) is 75.9 Å². The van der Waals surface area contributed by atoms with Crippen molar-refractivity contribution in [3.05, 3.63) is 102 Å². The molecule has 0 radical (unpaired) electrons. The van der Waals surface area contributed by atoms with Gasteiger partial charge in [0.2, 0.25) is 11.8 Å². The van der Waals surface area contributed by atoms with Crippen LogP contribution in [0.15, 0.2) is 91.3 Å². The third-order valence-corrected chi connectivity index (χ3v) is 8.19. The van der Waals surface area contributed by atoms with E-state index in [9.17, 15) is 9.90 Å². The molecule has 2 aromatic heterocycles. The predicted molar refractivity (Wildman–Crippen MR) is 188 cm³/mol. The number of rotatable bonds is 9. The van der Waals surface area contributed by atoms with Crippen molar-refractivity contribution < 1.29 is 19.4 Å². The number of carbonyl (C=O) groups excluding carboxylic acids is 1. The Labute approximate surface area is 281 Å². The number of amides is 1. The number of aromatic nitrogens is 3. The summed E-state index contributed by atoms with van der Waals surface area (Å²) in [7, 11) is 0. The molecule has 10 nitrogen and oxygen atoms in total. The third-order valence-electron chi connectivity index (χ3n) is 8.19. The van der Waals surface area contributed by atoms with Crippen LogP contribution in [0.1, 0.15) is 50.8 Å². The lowest BCUT2D eigenvalue weighted by molar-refractivity contribution is 0.0206. The molecule has 1 aliphatic heterocycles. The number of nitrogens with zero attached hydrogens (tertiary/aromatic N) is 4. The lowest BCUT2D eigenvalue weighted by Gasteiger charge is -2.34. The number of aryl methyl sites for hydroxylation is 1. The van der Waals surface area contributed by atoms with Gasteiger partial charge in [0, 0.05) is 54.5 Å². The summed E-state index contributed by atoms with van der Waals surface area (Å²) in [5.74, 6) is 1.58. The summed E-state index contributed by atoms with van der Waals surface area (Å²) >= 11 is 0. The highest BCUT2D eigenvalue weighted by atomic mass is 16.6. The number of piperidine rings is 1. The van der Waals surface area contributed by atoms with E-state index in [1.165, 1.54) is 0 Å². The molecule has 0 aliphatic carbocycles. The van der Waals surface area contributed by atoms with E-state index in [0.717, 1.165) is 46.0 Å². The number of anilines is 2. The molecule has 2 atom stereocenters. The molecule has 3 heterocycles. The van der Waals surface area contributed by atoms with Crippen molar-refractivity contribution in [3.8, 4) is 22.9 Å². The SMILES string of the molecule is Cc1ccc2c(NCC(O)c3ccccc3)cccc2c1Oc1ncccc1-c1ccnc(NC2CCCN(C(=O)OC(C)(C)C)C2)n1. The van der Waals surface area contributed by atoms with Crippen LogP contribution in [-0.4, -0.2) is 62.3 Å². The summed E-state index contributed by atoms with van der Waals surface area (Å²) in [6.45, 7) is 9.15. The number of likely N-dealkylation sites (tertiary alicyclic amines) is 1. The van der Waals surface area contributed by atoms with E-state index >= 15 is 0 Å². The first-order valence-electron chi connectivity index (χ1n) is 16.3. The lowest BCUT2D eigenvalue weighted by Crippen LogP contribution is -2.47. The highest BCUT2D eigenvalue weighted by Gasteiger charge is 2.28. The van der Waals surface area contributed by atoms with E-state index in [4.69, 9.17) is 14.5 Å². The summed E-state index contributed by atoms with van der Waals surface area (Å²) < 4.78 is 12.2. The van der Waals surface area contributed by atoms with Crippen LogP contribution in [0.25, 0.3) is 22.0 Å². The van der Waals surface area contributed by atoms with Crippen LogP contribution < -0.4 is 15.4 Å². The van der Waals surface area contributed by atoms with E-state index in [2.05, 4.69) is 26.7 Å². The van der Waals surface area contributed by atoms with Gasteiger partial charge in [0.1, 0.15) is 11.4 Å². The number of nitrogens with one attached hydrogen (secondary N) is 2. The van der Waals surface area contributed by atoms with E-state index in [0.29, 0.717) is 42.9 Å². The number of hydrogen-bond donors (Lipinski definition) is 3. The Hall–Kier alpha value is -5.22. The van der Waals surface area contributed by atoms with Crippen molar-refractivity contribution in [2.24, 2.45) is 0 Å². The first-order valence-corrected chi connectivity index (χ1v) is 16.3. The number of fused-ring (bicyclic) bond motifs is 1. The van der Waals surface area contributed by atoms with Crippen molar-refractivity contribution in [1.29, 1.82) is 0 Å². The van der Waals surface area contributed by atoms with Crippen LogP contribution in [-0.2, 0) is 4.74 Å². The number of benzene rings is 3. The Morgan fingerprint density at radius 3 is 2.62 bits per heavy atom. The maximum absolute atomic E-state index is 12.7. The summed E-state index contributed by atoms with van der Waals surface area (Å²) in [6.07, 6.45) is 4.19. The molecule has 48 heavy (non-hydrogen) atoms. The van der Waals surface area contributed by atoms with Crippen molar-refractivity contribution >= 4 is 28.5 Å². The van der Waals surface area contributed by atoms with Crippen LogP contribution >= 0.6 is 0 Å². The summed E-state index contributed by atoms with van der Waals surface area (Å²) in [6, 6.07) is 25.3. The zero-order valence-electron chi connectivity index (χ0n) is 27.8. The van der Waals surface area contributed by atoms with Crippen LogP contribution in [0, 0.1) is 6.92 Å². The maximum Gasteiger partial charge on any atom is 0.410 e. The van der Waals surface area contributed by atoms with Crippen molar-refractivity contribution in [2.75, 3.05) is 30.3 Å². The molecule has 5 aromatic rings. The first-order chi connectivity index (χ1) is 23.1. The van der Waals surface area contributed by atoms with Gasteiger partial charge in [0.15, 0.2) is 0 Å². The molecule has 1 amide bonds. The average Bonchev–Trinajstić information content (AvgIpc) is 3.08. The molecular formula is C38H42N6O4. The second-order valence-corrected chi connectivity index (χ2v) is 13.1. The van der Waals surface area contributed by atoms with Gasteiger partial charge < -0.3 is 30.1 Å². The molecule has 3 aromatic carbocycles. The van der Waals surface area contributed by atoms with Gasteiger partial charge in [-0.15, -0.1) is 0 Å². The van der Waals surface area contributed by atoms with Crippen LogP contribution in [0.4, 0.5) is 16.4 Å². The van der Waals surface area contributed by atoms with Crippen LogP contribution in [0.5, 0.6) is 11.6 Å². The second-order valence-electron chi connectivity index (χ2n) is 13.1. The van der Waals surface area contributed by atoms with E-state index in [1.807, 2.05) is 100 Å². The van der Waals surface area contributed by atoms with Gasteiger partial charge in [-0.3, -0.25) is 0 Å². The Balaban J connectivity index is 1.21. The molecule has 2 unspecified atom stereocenters. The number of pyridine rings is 1. The minimum atomic E-state index is -0.645. The fourth-order valence-electron chi connectivity index (χ4n) is 5.84. The predicted octanol–water partition coefficient (Wildman–Crippen LogP) is 7.75. The fourth-order valence-corrected chi connectivity index (χ4v) is 5.84. The Morgan fingerprint density at radius 1 is 0.979 bits per heavy atom. The molecule has 6 rings (SSSR count). The quantitative estimate of drug-likeness (QED) is 0.148. The Bertz CT molecular complexity index is 1880. The minimum absolute atomic E-state index is 0.0129. The molecule has 248 valence electrons. The number of carbonyl (C=O) groups is 1. The Morgan fingerprint density at radius 2 is 1.81 bits per heavy atom. The molecular weight excluding hydrogens is 604 g/mol. The van der Waals surface area contributed by atoms with Gasteiger partial charge in [-0.25, -0.2) is 19.7 Å². The molecule has 0 spiro atoms. The molecule has 0 bridgehead atoms. The second kappa shape index (κ2) is 14.3. The number of aliphatic hydroxyl groups is 1. The fraction of sp³-hybridized carbons (Fsp3) is 0.316. The van der Waals surface area contributed by atoms with Crippen LogP contribution in [0.2, 0.25) is 0 Å². The molecule has 3 N–H and O–H groups in total. The number of ether oxygens (including phenoxy) is 2. The van der Waals surface area contributed by atoms with Gasteiger partial charge in [-0.2, -0.15) is 0 Å². The smallest absolute Gasteiger partial charge is 0.410 e. The highest BCUT2D eigenvalue weighted by Crippen LogP contribution is 2.38. The number of hydrogen-bond acceptors (Lipinski definition) is 9. The zero-order chi connectivity index (χ0) is 33.7. The van der Waals surface area contributed by atoms with Gasteiger partial charge in [-0.1, -0.05) is 54.6 Å². The van der Waals surface area contributed by atoms with Crippen LogP contribution in [0.3, 0.4) is 0 Å². The standard InChI is InChI=1S/C38H42N6O4/c1-25-17-18-28-29(14-8-16-31(28)41-23-33(45)26-11-6-5-7-12-26)34(25)47-35-30(15-9-20-39-35)32-19-21-40-36(43-32)42-27-13-10-22-44(24-27)37(46)48-38(2,3)4/h5-9,11-12,14-21,27,33,41,45H,10,13,22-24H2,1-4H3,(H,40,42,43). The Kier molecular flexibility index (Phi) is 9.72. The lowest BCUT2D eigenvalue weighted by atomic mass is 10.0. The maximum atomic E-state index is 12.7. The van der Waals surface area contributed by atoms with E-state index < -0.39 is 11.7 Å². The average molecular weight is 647 g/mol. The first kappa shape index (κ1) is 32.7. The summed E-state index contributed by atoms with van der Waals surface area (Å²) in [5, 5.41) is 19.5. The molecule has 1 fully saturated rings. The summed E-state index contributed by atoms with van der Waals surface area (Å²) in [5.41, 5.74) is 3.54. The topological polar surface area (TPSA) is 122 Å². The molecule has 1 aliphatic rings. The largest absolute Gasteiger partial charge is 0.444 e. The summed E-state index contributed by atoms with van der Waals surface area (Å²) in [4.78, 5) is 28.3. The normalized spacial score (nSPS) is 15.5. The van der Waals surface area contributed by atoms with E-state index in [-0.39, 0.29) is 12.1 Å². The van der Waals surface area contributed by atoms with Crippen molar-refractivity contribution in [3.63, 3.8) is 0 Å². The van der Waals surface area contributed by atoms with Gasteiger partial charge in [0.05, 0.1) is 17.4 Å². The third kappa shape index (κ3) is 7.83.